The quantitative estimate of drug-likeness (QED) is 0.921. The first-order chi connectivity index (χ1) is 7.80. The Morgan fingerprint density at radius 2 is 2.00 bits per heavy atom. The van der Waals surface area contributed by atoms with Crippen LogP contribution in [0.4, 0.5) is 4.39 Å². The normalized spacial score (nSPS) is 14.0. The van der Waals surface area contributed by atoms with Crippen LogP contribution in [0.5, 0.6) is 0 Å². The molecule has 0 aliphatic carbocycles. The number of sulfone groups is 1. The Morgan fingerprint density at radius 1 is 1.41 bits per heavy atom. The van der Waals surface area contributed by atoms with Crippen molar-refractivity contribution in [3.8, 4) is 0 Å². The Kier molecular flexibility index (Phi) is 4.52. The molecule has 1 rings (SSSR count). The highest BCUT2D eigenvalue weighted by molar-refractivity contribution is 7.92. The second kappa shape index (κ2) is 5.33. The summed E-state index contributed by atoms with van der Waals surface area (Å²) in [7, 11) is -3.44. The van der Waals surface area contributed by atoms with Gasteiger partial charge in [-0.15, -0.1) is 0 Å². The van der Waals surface area contributed by atoms with Gasteiger partial charge in [-0.1, -0.05) is 17.7 Å². The molecular formula is C11H15ClFNO2S. The van der Waals surface area contributed by atoms with Crippen LogP contribution >= 0.6 is 11.6 Å². The largest absolute Gasteiger partial charge is 0.327 e. The second-order valence-corrected chi connectivity index (χ2v) is 6.87. The molecule has 0 bridgehead atoms. The van der Waals surface area contributed by atoms with Crippen LogP contribution in [0.1, 0.15) is 25.6 Å². The molecule has 0 aliphatic heterocycles. The van der Waals surface area contributed by atoms with Crippen molar-refractivity contribution in [2.45, 2.75) is 30.2 Å². The third kappa shape index (κ3) is 2.97. The van der Waals surface area contributed by atoms with Gasteiger partial charge in [-0.3, -0.25) is 0 Å². The second-order valence-electron chi connectivity index (χ2n) is 3.99. The first-order valence-electron chi connectivity index (χ1n) is 5.18. The van der Waals surface area contributed by atoms with Gasteiger partial charge in [0.15, 0.2) is 9.84 Å². The molecule has 0 spiro atoms. The van der Waals surface area contributed by atoms with Crippen molar-refractivity contribution < 1.29 is 12.8 Å². The van der Waals surface area contributed by atoms with E-state index in [2.05, 4.69) is 0 Å². The maximum atomic E-state index is 13.3. The van der Waals surface area contributed by atoms with E-state index in [1.165, 1.54) is 18.2 Å². The van der Waals surface area contributed by atoms with Crippen LogP contribution in [0.3, 0.4) is 0 Å². The van der Waals surface area contributed by atoms with E-state index in [1.54, 1.807) is 13.8 Å². The SMILES string of the molecule is CC(C)S(=O)(=O)c1ccc(C(F)CN)cc1Cl. The minimum Gasteiger partial charge on any atom is -0.327 e. The highest BCUT2D eigenvalue weighted by Gasteiger charge is 2.23. The van der Waals surface area contributed by atoms with Gasteiger partial charge in [-0.05, 0) is 31.5 Å². The molecule has 0 fully saturated rings. The Balaban J connectivity index is 3.24. The summed E-state index contributed by atoms with van der Waals surface area (Å²) in [6.45, 7) is 2.97. The number of benzene rings is 1. The van der Waals surface area contributed by atoms with Crippen molar-refractivity contribution in [1.82, 2.24) is 0 Å². The first kappa shape index (κ1) is 14.4. The van der Waals surface area contributed by atoms with E-state index in [0.29, 0.717) is 5.56 Å². The lowest BCUT2D eigenvalue weighted by molar-refractivity contribution is 0.353. The minimum atomic E-state index is -3.44. The molecule has 0 aliphatic rings. The van der Waals surface area contributed by atoms with Crippen LogP contribution in [0.2, 0.25) is 5.02 Å². The molecular weight excluding hydrogens is 265 g/mol. The number of hydrogen-bond donors (Lipinski definition) is 1. The molecule has 0 aromatic heterocycles. The summed E-state index contributed by atoms with van der Waals surface area (Å²) in [5.41, 5.74) is 5.48. The van der Waals surface area contributed by atoms with Gasteiger partial charge >= 0.3 is 0 Å². The summed E-state index contributed by atoms with van der Waals surface area (Å²) in [6.07, 6.45) is -1.33. The number of rotatable bonds is 4. The molecule has 0 radical (unpaired) electrons. The van der Waals surface area contributed by atoms with E-state index in [1.807, 2.05) is 0 Å². The van der Waals surface area contributed by atoms with Gasteiger partial charge < -0.3 is 5.73 Å². The number of halogens is 2. The summed E-state index contributed by atoms with van der Waals surface area (Å²) in [5, 5.41) is -0.533. The number of nitrogens with two attached hydrogens (primary N) is 1. The number of hydrogen-bond acceptors (Lipinski definition) is 3. The lowest BCUT2D eigenvalue weighted by Gasteiger charge is -2.12. The fraction of sp³-hybridized carbons (Fsp3) is 0.455. The molecule has 0 saturated carbocycles. The van der Waals surface area contributed by atoms with Crippen LogP contribution in [0.15, 0.2) is 23.1 Å². The molecule has 2 N–H and O–H groups in total. The molecule has 1 unspecified atom stereocenters. The van der Waals surface area contributed by atoms with Crippen molar-refractivity contribution in [1.29, 1.82) is 0 Å². The lowest BCUT2D eigenvalue weighted by Crippen LogP contribution is -2.15. The zero-order valence-electron chi connectivity index (χ0n) is 9.65. The van der Waals surface area contributed by atoms with Gasteiger partial charge in [0.25, 0.3) is 0 Å². The summed E-state index contributed by atoms with van der Waals surface area (Å²) >= 11 is 5.87. The van der Waals surface area contributed by atoms with Crippen LogP contribution in [-0.2, 0) is 9.84 Å². The van der Waals surface area contributed by atoms with Crippen molar-refractivity contribution in [3.05, 3.63) is 28.8 Å². The van der Waals surface area contributed by atoms with Crippen LogP contribution in [0.25, 0.3) is 0 Å². The van der Waals surface area contributed by atoms with E-state index >= 15 is 0 Å². The molecule has 1 atom stereocenters. The molecule has 0 saturated heterocycles. The lowest BCUT2D eigenvalue weighted by atomic mass is 10.1. The summed E-state index contributed by atoms with van der Waals surface area (Å²) in [6, 6.07) is 4.04. The Morgan fingerprint density at radius 3 is 2.41 bits per heavy atom. The molecule has 1 aromatic rings. The van der Waals surface area contributed by atoms with E-state index < -0.39 is 21.3 Å². The fourth-order valence-electron chi connectivity index (χ4n) is 1.33. The van der Waals surface area contributed by atoms with Crippen molar-refractivity contribution in [3.63, 3.8) is 0 Å². The molecule has 96 valence electrons. The Hall–Kier alpha value is -0.650. The molecule has 17 heavy (non-hydrogen) atoms. The zero-order chi connectivity index (χ0) is 13.2. The van der Waals surface area contributed by atoms with Crippen molar-refractivity contribution in [2.24, 2.45) is 5.73 Å². The van der Waals surface area contributed by atoms with Crippen LogP contribution < -0.4 is 5.73 Å². The van der Waals surface area contributed by atoms with Gasteiger partial charge in [0.05, 0.1) is 15.2 Å². The smallest absolute Gasteiger partial charge is 0.182 e. The highest BCUT2D eigenvalue weighted by atomic mass is 35.5. The molecule has 6 heteroatoms. The molecule has 1 aromatic carbocycles. The average molecular weight is 280 g/mol. The van der Waals surface area contributed by atoms with Gasteiger partial charge in [-0.25, -0.2) is 12.8 Å². The summed E-state index contributed by atoms with van der Waals surface area (Å²) in [5.74, 6) is 0. The van der Waals surface area contributed by atoms with E-state index in [4.69, 9.17) is 17.3 Å². The van der Waals surface area contributed by atoms with E-state index in [-0.39, 0.29) is 16.5 Å². The predicted octanol–water partition coefficient (Wildman–Crippen LogP) is 2.49. The topological polar surface area (TPSA) is 60.2 Å². The van der Waals surface area contributed by atoms with Gasteiger partial charge in [0, 0.05) is 6.54 Å². The zero-order valence-corrected chi connectivity index (χ0v) is 11.2. The average Bonchev–Trinajstić information content (AvgIpc) is 2.27. The maximum Gasteiger partial charge on any atom is 0.182 e. The van der Waals surface area contributed by atoms with Crippen LogP contribution in [0, 0.1) is 0 Å². The highest BCUT2D eigenvalue weighted by Crippen LogP contribution is 2.28. The molecule has 3 nitrogen and oxygen atoms in total. The Bertz CT molecular complexity index is 502. The minimum absolute atomic E-state index is 0.0298. The maximum absolute atomic E-state index is 13.3. The van der Waals surface area contributed by atoms with Gasteiger partial charge in [0.1, 0.15) is 6.17 Å². The van der Waals surface area contributed by atoms with Gasteiger partial charge in [-0.2, -0.15) is 0 Å². The first-order valence-corrected chi connectivity index (χ1v) is 7.10. The van der Waals surface area contributed by atoms with Gasteiger partial charge in [0.2, 0.25) is 0 Å². The number of alkyl halides is 1. The standard InChI is InChI=1S/C11H15ClFNO2S/c1-7(2)17(15,16)11-4-3-8(5-9(11)12)10(13)6-14/h3-5,7,10H,6,14H2,1-2H3. The third-order valence-corrected chi connectivity index (χ3v) is 5.09. The summed E-state index contributed by atoms with van der Waals surface area (Å²) in [4.78, 5) is 0.0298. The molecule has 0 heterocycles. The van der Waals surface area contributed by atoms with Crippen molar-refractivity contribution in [2.75, 3.05) is 6.54 Å². The van der Waals surface area contributed by atoms with Crippen molar-refractivity contribution >= 4 is 21.4 Å². The third-order valence-electron chi connectivity index (χ3n) is 2.45. The van der Waals surface area contributed by atoms with E-state index in [9.17, 15) is 12.8 Å². The molecule has 0 amide bonds. The Labute approximate surface area is 106 Å². The van der Waals surface area contributed by atoms with E-state index in [0.717, 1.165) is 0 Å². The predicted molar refractivity (Wildman–Crippen MR) is 66.7 cm³/mol. The van der Waals surface area contributed by atoms with Crippen LogP contribution in [-0.4, -0.2) is 20.2 Å². The monoisotopic (exact) mass is 279 g/mol. The summed E-state index contributed by atoms with van der Waals surface area (Å²) < 4.78 is 37.1. The fourth-order valence-corrected chi connectivity index (χ4v) is 2.94.